The summed E-state index contributed by atoms with van der Waals surface area (Å²) >= 11 is 7.45. The standard InChI is InChI=1S/C7H3BrF5PS/c1-14(8,15)7-5(12)3(10)2(9)4(11)6(7)13/h1H3. The molecule has 0 saturated heterocycles. The second-order valence-corrected chi connectivity index (χ2v) is 12.7. The lowest BCUT2D eigenvalue weighted by Gasteiger charge is -2.12. The summed E-state index contributed by atoms with van der Waals surface area (Å²) in [7, 11) is 0. The summed E-state index contributed by atoms with van der Waals surface area (Å²) in [4.78, 5) is 0. The zero-order valence-corrected chi connectivity index (χ0v) is 10.4. The van der Waals surface area contributed by atoms with Gasteiger partial charge in [-0.3, -0.25) is 0 Å². The first-order chi connectivity index (χ1) is 6.68. The van der Waals surface area contributed by atoms with E-state index in [1.54, 1.807) is 0 Å². The van der Waals surface area contributed by atoms with Crippen LogP contribution in [0.1, 0.15) is 0 Å². The normalized spacial score (nSPS) is 15.1. The average molecular weight is 325 g/mol. The molecule has 0 aliphatic carbocycles. The lowest BCUT2D eigenvalue weighted by Crippen LogP contribution is -2.18. The Morgan fingerprint density at radius 2 is 1.13 bits per heavy atom. The summed E-state index contributed by atoms with van der Waals surface area (Å²) in [5, 5.41) is -0.950. The van der Waals surface area contributed by atoms with Crippen molar-refractivity contribution in [3.05, 3.63) is 29.1 Å². The summed E-state index contributed by atoms with van der Waals surface area (Å²) in [6.07, 6.45) is 0. The van der Waals surface area contributed by atoms with Gasteiger partial charge in [0.2, 0.25) is 5.82 Å². The summed E-state index contributed by atoms with van der Waals surface area (Å²) in [6.45, 7) is 1.21. The number of halogens is 6. The molecule has 8 heteroatoms. The zero-order chi connectivity index (χ0) is 12.0. The van der Waals surface area contributed by atoms with Gasteiger partial charge < -0.3 is 0 Å². The molecule has 0 aromatic heterocycles. The molecule has 0 N–H and O–H groups in total. The SMILES string of the molecule is CP(=S)(Br)c1c(F)c(F)c(F)c(F)c1F. The summed E-state index contributed by atoms with van der Waals surface area (Å²) in [6, 6.07) is 0. The van der Waals surface area contributed by atoms with Gasteiger partial charge in [0.05, 0.1) is 5.30 Å². The van der Waals surface area contributed by atoms with Crippen LogP contribution in [0.15, 0.2) is 0 Å². The van der Waals surface area contributed by atoms with E-state index in [1.165, 1.54) is 6.66 Å². The van der Waals surface area contributed by atoms with Crippen LogP contribution < -0.4 is 5.30 Å². The van der Waals surface area contributed by atoms with E-state index in [-0.39, 0.29) is 0 Å². The van der Waals surface area contributed by atoms with Crippen molar-refractivity contribution >= 4 is 37.3 Å². The molecule has 0 radical (unpaired) electrons. The Labute approximate surface area is 95.2 Å². The van der Waals surface area contributed by atoms with E-state index < -0.39 is 39.1 Å². The van der Waals surface area contributed by atoms with Crippen molar-refractivity contribution in [2.75, 3.05) is 6.66 Å². The molecule has 15 heavy (non-hydrogen) atoms. The van der Waals surface area contributed by atoms with Crippen LogP contribution in [-0.4, -0.2) is 6.66 Å². The Kier molecular flexibility index (Phi) is 3.58. The topological polar surface area (TPSA) is 0 Å². The van der Waals surface area contributed by atoms with Gasteiger partial charge in [0.15, 0.2) is 23.3 Å². The monoisotopic (exact) mass is 324 g/mol. The van der Waals surface area contributed by atoms with E-state index in [9.17, 15) is 22.0 Å². The van der Waals surface area contributed by atoms with Crippen molar-refractivity contribution in [2.24, 2.45) is 0 Å². The van der Waals surface area contributed by atoms with Gasteiger partial charge in [-0.1, -0.05) is 11.8 Å². The van der Waals surface area contributed by atoms with Gasteiger partial charge in [0.25, 0.3) is 0 Å². The maximum absolute atomic E-state index is 13.1. The molecule has 0 spiro atoms. The van der Waals surface area contributed by atoms with Gasteiger partial charge in [-0.15, -0.1) is 0 Å². The van der Waals surface area contributed by atoms with Crippen molar-refractivity contribution in [3.8, 4) is 0 Å². The average Bonchev–Trinajstić information content (AvgIpc) is 2.09. The molecule has 1 aromatic rings. The van der Waals surface area contributed by atoms with Crippen molar-refractivity contribution in [3.63, 3.8) is 0 Å². The van der Waals surface area contributed by atoms with Crippen molar-refractivity contribution < 1.29 is 22.0 Å². The van der Waals surface area contributed by atoms with Crippen LogP contribution in [0.25, 0.3) is 0 Å². The molecular formula is C7H3BrF5PS. The summed E-state index contributed by atoms with van der Waals surface area (Å²) < 4.78 is 61.4. The lowest BCUT2D eigenvalue weighted by molar-refractivity contribution is 0.384. The highest BCUT2D eigenvalue weighted by molar-refractivity contribution is 9.44. The van der Waals surface area contributed by atoms with Crippen molar-refractivity contribution in [2.45, 2.75) is 0 Å². The molecule has 0 fully saturated rings. The molecule has 0 nitrogen and oxygen atoms in total. The molecule has 0 bridgehead atoms. The van der Waals surface area contributed by atoms with Crippen LogP contribution in [0.5, 0.6) is 0 Å². The van der Waals surface area contributed by atoms with Gasteiger partial charge in [-0.2, -0.15) is 0 Å². The van der Waals surface area contributed by atoms with Crippen LogP contribution in [0.4, 0.5) is 22.0 Å². The third kappa shape index (κ3) is 2.24. The molecule has 1 unspecified atom stereocenters. The molecule has 1 aromatic carbocycles. The highest BCUT2D eigenvalue weighted by atomic mass is 79.9. The molecule has 0 saturated carbocycles. The largest absolute Gasteiger partial charge is 0.203 e. The fourth-order valence-corrected chi connectivity index (χ4v) is 3.26. The minimum Gasteiger partial charge on any atom is -0.203 e. The first-order valence-corrected chi connectivity index (χ1v) is 8.74. The van der Waals surface area contributed by atoms with Gasteiger partial charge in [-0.05, 0) is 22.2 Å². The minimum absolute atomic E-state index is 0.950. The number of benzene rings is 1. The van der Waals surface area contributed by atoms with E-state index in [4.69, 9.17) is 0 Å². The first kappa shape index (κ1) is 13.1. The molecule has 0 aliphatic rings. The van der Waals surface area contributed by atoms with E-state index in [2.05, 4.69) is 27.3 Å². The third-order valence-corrected chi connectivity index (χ3v) is 4.39. The third-order valence-electron chi connectivity index (χ3n) is 1.59. The number of rotatable bonds is 1. The van der Waals surface area contributed by atoms with Crippen LogP contribution in [0.2, 0.25) is 0 Å². The molecule has 0 heterocycles. The van der Waals surface area contributed by atoms with Gasteiger partial charge in [0.1, 0.15) is 0 Å². The van der Waals surface area contributed by atoms with Crippen LogP contribution in [0.3, 0.4) is 0 Å². The van der Waals surface area contributed by atoms with Crippen LogP contribution in [0, 0.1) is 29.1 Å². The van der Waals surface area contributed by atoms with Crippen molar-refractivity contribution in [1.82, 2.24) is 0 Å². The Bertz CT molecular complexity index is 440. The van der Waals surface area contributed by atoms with Crippen molar-refractivity contribution in [1.29, 1.82) is 0 Å². The second-order valence-electron chi connectivity index (χ2n) is 2.74. The van der Waals surface area contributed by atoms with E-state index in [0.29, 0.717) is 0 Å². The molecule has 84 valence electrons. The number of hydrogen-bond acceptors (Lipinski definition) is 1. The van der Waals surface area contributed by atoms with Crippen LogP contribution >= 0.6 is 20.2 Å². The van der Waals surface area contributed by atoms with Crippen LogP contribution in [-0.2, 0) is 11.8 Å². The predicted molar refractivity (Wildman–Crippen MR) is 55.0 cm³/mol. The van der Waals surface area contributed by atoms with E-state index >= 15 is 0 Å². The highest BCUT2D eigenvalue weighted by Gasteiger charge is 2.30. The maximum Gasteiger partial charge on any atom is 0.200 e. The first-order valence-electron chi connectivity index (χ1n) is 3.47. The van der Waals surface area contributed by atoms with Gasteiger partial charge in [-0.25, -0.2) is 22.0 Å². The molecule has 0 amide bonds. The fraction of sp³-hybridized carbons (Fsp3) is 0.143. The molecule has 1 atom stereocenters. The predicted octanol–water partition coefficient (Wildman–Crippen LogP) is 3.43. The second kappa shape index (κ2) is 4.11. The summed E-state index contributed by atoms with van der Waals surface area (Å²) in [5.74, 6) is -9.85. The lowest BCUT2D eigenvalue weighted by atomic mass is 10.3. The van der Waals surface area contributed by atoms with Gasteiger partial charge in [0, 0.05) is 4.74 Å². The minimum atomic E-state index is -2.92. The Balaban J connectivity index is 3.76. The van der Waals surface area contributed by atoms with E-state index in [0.717, 1.165) is 0 Å². The van der Waals surface area contributed by atoms with Gasteiger partial charge >= 0.3 is 0 Å². The number of hydrogen-bond donors (Lipinski definition) is 0. The zero-order valence-electron chi connectivity index (χ0n) is 7.12. The van der Waals surface area contributed by atoms with E-state index in [1.807, 2.05) is 0 Å². The quantitative estimate of drug-likeness (QED) is 0.330. The molecule has 0 aliphatic heterocycles. The maximum atomic E-state index is 13.1. The smallest absolute Gasteiger partial charge is 0.200 e. The highest BCUT2D eigenvalue weighted by Crippen LogP contribution is 2.50. The Hall–Kier alpha value is -0.000000000000000167. The Morgan fingerprint density at radius 3 is 1.40 bits per heavy atom. The Morgan fingerprint density at radius 1 is 0.867 bits per heavy atom. The fourth-order valence-electron chi connectivity index (χ4n) is 0.944. The summed E-state index contributed by atoms with van der Waals surface area (Å²) in [5.41, 5.74) is 0. The molecular weight excluding hydrogens is 322 g/mol. The molecule has 1 rings (SSSR count).